The number of carbonyl (C=O) groups excluding carboxylic acids is 4. The normalized spacial score (nSPS) is 11.5. The van der Waals surface area contributed by atoms with Crippen molar-refractivity contribution in [3.63, 3.8) is 0 Å². The predicted molar refractivity (Wildman–Crippen MR) is 281 cm³/mol. The quantitative estimate of drug-likeness (QED) is 0.0548. The molecule has 13 N–H and O–H groups in total. The number of amides is 4. The van der Waals surface area contributed by atoms with E-state index in [0.717, 1.165) is 60.9 Å². The van der Waals surface area contributed by atoms with Gasteiger partial charge in [-0.05, 0) is 84.1 Å². The van der Waals surface area contributed by atoms with Crippen LogP contribution in [-0.4, -0.2) is 71.4 Å². The molecule has 3 aromatic heterocycles. The second-order valence-electron chi connectivity index (χ2n) is 16.2. The number of nitrogens with two attached hydrogens (primary N) is 3. The van der Waals surface area contributed by atoms with Gasteiger partial charge in [-0.15, -0.1) is 0 Å². The highest BCUT2D eigenvalue weighted by molar-refractivity contribution is 5.99. The maximum absolute atomic E-state index is 12.1. The van der Waals surface area contributed by atoms with Crippen molar-refractivity contribution in [2.75, 3.05) is 5.32 Å². The monoisotopic (exact) mass is 964 g/mol. The second kappa shape index (κ2) is 23.8. The van der Waals surface area contributed by atoms with Gasteiger partial charge in [0.1, 0.15) is 0 Å². The molecule has 0 unspecified atom stereocenters. The fourth-order valence-electron chi connectivity index (χ4n) is 7.02. The summed E-state index contributed by atoms with van der Waals surface area (Å²) in [5.41, 5.74) is 27.8. The zero-order chi connectivity index (χ0) is 51.0. The Morgan fingerprint density at radius 3 is 1.44 bits per heavy atom. The number of anilines is 1. The standard InChI is InChI=1S/C18H18N6O2.2C17H17N5O/c1-11(25)20-13-8-6-12(7-9-13)10-16(26)23-17(19)24-18-21-14-4-2-3-5-15(14)22-18;1-11-6-5-9-13-15(11)21-17(19-13)22-16(18)20-14(23)10-12-7-3-2-4-8-12;1-11-7-8-13-14(9-11)20-17(19-13)22-16(18)21-15(23)10-12-5-3-2-4-6-12/h2-9H,10H2,1H3,(H,20,25)(H4,19,21,22,23,24,26);2*2-9H,10H2,1H3,(H4,18,19,20,21,22,23). The Morgan fingerprint density at radius 2 is 0.931 bits per heavy atom. The summed E-state index contributed by atoms with van der Waals surface area (Å²) in [6, 6.07) is 45.0. The molecule has 0 fully saturated rings. The van der Waals surface area contributed by atoms with Gasteiger partial charge in [-0.1, -0.05) is 103 Å². The molecule has 3 heterocycles. The van der Waals surface area contributed by atoms with Gasteiger partial charge < -0.3 is 37.5 Å². The third-order valence-electron chi connectivity index (χ3n) is 10.2. The number of nitrogens with zero attached hydrogens (tertiary/aromatic N) is 6. The summed E-state index contributed by atoms with van der Waals surface area (Å²) in [7, 11) is 0. The Kier molecular flexibility index (Phi) is 16.5. The Hall–Kier alpha value is -9.98. The minimum atomic E-state index is -0.297. The number of aromatic amines is 3. The summed E-state index contributed by atoms with van der Waals surface area (Å²) >= 11 is 0. The van der Waals surface area contributed by atoms with Crippen molar-refractivity contribution in [3.05, 3.63) is 173 Å². The fraction of sp³-hybridized carbons (Fsp3) is 0.115. The summed E-state index contributed by atoms with van der Waals surface area (Å²) in [5, 5.41) is 10.3. The zero-order valence-corrected chi connectivity index (χ0v) is 39.5. The highest BCUT2D eigenvalue weighted by atomic mass is 16.2. The van der Waals surface area contributed by atoms with Gasteiger partial charge in [0, 0.05) is 12.6 Å². The zero-order valence-electron chi connectivity index (χ0n) is 39.5. The Balaban J connectivity index is 0.000000159. The molecule has 0 saturated heterocycles. The molecule has 9 aromatic rings. The predicted octanol–water partition coefficient (Wildman–Crippen LogP) is 6.18. The van der Waals surface area contributed by atoms with Gasteiger partial charge in [0.15, 0.2) is 0 Å². The summed E-state index contributed by atoms with van der Waals surface area (Å²) in [5.74, 6) is 0.167. The van der Waals surface area contributed by atoms with E-state index >= 15 is 0 Å². The van der Waals surface area contributed by atoms with E-state index in [1.54, 1.807) is 24.3 Å². The van der Waals surface area contributed by atoms with E-state index in [1.807, 2.05) is 135 Å². The number of guanidine groups is 3. The maximum atomic E-state index is 12.1. The van der Waals surface area contributed by atoms with Crippen LogP contribution in [0, 0.1) is 13.8 Å². The molecular formula is C52H52N16O4. The lowest BCUT2D eigenvalue weighted by Gasteiger charge is -2.06. The van der Waals surface area contributed by atoms with E-state index in [4.69, 9.17) is 17.2 Å². The number of hydrogen-bond acceptors (Lipinski definition) is 10. The molecule has 4 amide bonds. The first-order chi connectivity index (χ1) is 34.7. The number of para-hydroxylation sites is 3. The van der Waals surface area contributed by atoms with Gasteiger partial charge in [0.05, 0.1) is 52.4 Å². The van der Waals surface area contributed by atoms with Gasteiger partial charge in [0.25, 0.3) is 0 Å². The fourth-order valence-corrected chi connectivity index (χ4v) is 7.02. The molecule has 0 aliphatic heterocycles. The molecule has 20 heteroatoms. The summed E-state index contributed by atoms with van der Waals surface area (Å²) in [6.07, 6.45) is 0.628. The number of benzene rings is 6. The van der Waals surface area contributed by atoms with Crippen molar-refractivity contribution < 1.29 is 19.2 Å². The third-order valence-corrected chi connectivity index (χ3v) is 10.2. The van der Waals surface area contributed by atoms with Crippen LogP contribution in [-0.2, 0) is 38.4 Å². The second-order valence-corrected chi connectivity index (χ2v) is 16.2. The summed E-state index contributed by atoms with van der Waals surface area (Å²) in [6.45, 7) is 5.41. The Labute approximate surface area is 412 Å². The van der Waals surface area contributed by atoms with Crippen LogP contribution in [0.2, 0.25) is 0 Å². The summed E-state index contributed by atoms with van der Waals surface area (Å²) < 4.78 is 0. The molecule has 0 bridgehead atoms. The average Bonchev–Trinajstić information content (AvgIpc) is 4.06. The van der Waals surface area contributed by atoms with Crippen LogP contribution in [0.5, 0.6) is 0 Å². The van der Waals surface area contributed by atoms with Crippen molar-refractivity contribution in [2.45, 2.75) is 40.0 Å². The van der Waals surface area contributed by atoms with E-state index in [9.17, 15) is 19.2 Å². The highest BCUT2D eigenvalue weighted by Gasteiger charge is 2.11. The lowest BCUT2D eigenvalue weighted by atomic mass is 10.1. The number of hydrogen-bond donors (Lipinski definition) is 10. The highest BCUT2D eigenvalue weighted by Crippen LogP contribution is 2.20. The lowest BCUT2D eigenvalue weighted by molar-refractivity contribution is -0.119. The number of nitrogens with one attached hydrogen (secondary N) is 7. The molecule has 364 valence electrons. The molecule has 9 rings (SSSR count). The van der Waals surface area contributed by atoms with Crippen LogP contribution >= 0.6 is 0 Å². The SMILES string of the molecule is CC(=O)Nc1ccc(CC(=O)NC(N)=Nc2nc3ccccc3[nH]2)cc1.Cc1ccc2nc(N=C(N)NC(=O)Cc3ccccc3)[nH]c2c1.Cc1cccc2[nH]c(N=C(N)NC(=O)Cc3ccccc3)nc12. The number of H-pyrrole nitrogens is 3. The van der Waals surface area contributed by atoms with Crippen LogP contribution in [0.25, 0.3) is 33.1 Å². The number of aryl methyl sites for hydroxylation is 2. The molecule has 0 atom stereocenters. The van der Waals surface area contributed by atoms with Crippen LogP contribution < -0.4 is 38.5 Å². The third kappa shape index (κ3) is 15.0. The minimum absolute atomic E-state index is 0.0155. The topological polar surface area (TPSA) is 318 Å². The Bertz CT molecular complexity index is 3400. The van der Waals surface area contributed by atoms with Gasteiger partial charge in [-0.25, -0.2) is 15.0 Å². The van der Waals surface area contributed by atoms with Crippen LogP contribution in [0.1, 0.15) is 34.7 Å². The first kappa shape index (κ1) is 49.9. The van der Waals surface area contributed by atoms with Crippen molar-refractivity contribution in [3.8, 4) is 0 Å². The molecular weight excluding hydrogens is 913 g/mol. The molecule has 0 aliphatic rings. The van der Waals surface area contributed by atoms with Gasteiger partial charge in [-0.2, -0.15) is 15.0 Å². The number of aliphatic imine (C=N–C) groups is 3. The van der Waals surface area contributed by atoms with E-state index in [2.05, 4.69) is 66.1 Å². The molecule has 0 radical (unpaired) electrons. The molecule has 0 spiro atoms. The largest absolute Gasteiger partial charge is 0.369 e. The number of imidazole rings is 3. The molecule has 0 saturated carbocycles. The van der Waals surface area contributed by atoms with Gasteiger partial charge in [0.2, 0.25) is 59.4 Å². The van der Waals surface area contributed by atoms with Crippen LogP contribution in [0.4, 0.5) is 23.5 Å². The molecule has 72 heavy (non-hydrogen) atoms. The number of fused-ring (bicyclic) bond motifs is 3. The first-order valence-electron chi connectivity index (χ1n) is 22.4. The average molecular weight is 965 g/mol. The van der Waals surface area contributed by atoms with Crippen molar-refractivity contribution in [1.82, 2.24) is 45.9 Å². The van der Waals surface area contributed by atoms with Crippen LogP contribution in [0.3, 0.4) is 0 Å². The van der Waals surface area contributed by atoms with E-state index < -0.39 is 0 Å². The van der Waals surface area contributed by atoms with E-state index in [1.165, 1.54) is 6.92 Å². The van der Waals surface area contributed by atoms with Crippen molar-refractivity contribution in [2.24, 2.45) is 32.2 Å². The lowest BCUT2D eigenvalue weighted by Crippen LogP contribution is -2.37. The van der Waals surface area contributed by atoms with Gasteiger partial charge in [-0.3, -0.25) is 35.1 Å². The van der Waals surface area contributed by atoms with Crippen molar-refractivity contribution >= 4 is 98.1 Å². The van der Waals surface area contributed by atoms with E-state index in [0.29, 0.717) is 23.5 Å². The van der Waals surface area contributed by atoms with Crippen LogP contribution in [0.15, 0.2) is 161 Å². The molecule has 0 aliphatic carbocycles. The maximum Gasteiger partial charge on any atom is 0.231 e. The van der Waals surface area contributed by atoms with Gasteiger partial charge >= 0.3 is 0 Å². The number of aromatic nitrogens is 6. The smallest absolute Gasteiger partial charge is 0.231 e. The number of carbonyl (C=O) groups is 4. The minimum Gasteiger partial charge on any atom is -0.369 e. The van der Waals surface area contributed by atoms with E-state index in [-0.39, 0.29) is 60.8 Å². The molecule has 6 aromatic carbocycles. The Morgan fingerprint density at radius 1 is 0.486 bits per heavy atom. The first-order valence-corrected chi connectivity index (χ1v) is 22.4. The molecule has 20 nitrogen and oxygen atoms in total. The van der Waals surface area contributed by atoms with Crippen molar-refractivity contribution in [1.29, 1.82) is 0 Å². The summed E-state index contributed by atoms with van der Waals surface area (Å²) in [4.78, 5) is 81.3. The number of rotatable bonds is 10.